The zero-order valence-corrected chi connectivity index (χ0v) is 18.2. The smallest absolute Gasteiger partial charge is 0.268 e. The molecule has 10 heteroatoms. The number of nitrogens with two attached hydrogens (primary N) is 1. The maximum absolute atomic E-state index is 13.8. The summed E-state index contributed by atoms with van der Waals surface area (Å²) in [7, 11) is -4.03. The van der Waals surface area contributed by atoms with Crippen LogP contribution in [0.25, 0.3) is 0 Å². The highest BCUT2D eigenvalue weighted by Crippen LogP contribution is 2.53. The minimum atomic E-state index is -4.03. The Labute approximate surface area is 179 Å². The lowest BCUT2D eigenvalue weighted by Gasteiger charge is -2.45. The van der Waals surface area contributed by atoms with Crippen LogP contribution in [0.15, 0.2) is 29.3 Å². The fraction of sp³-hybridized carbons (Fsp3) is 0.350. The standard InChI is InChI=1S/C20H21N4O4S2/c1-4-9-24(20(3)7-8-20)17-6-5-15(30(21,27)28)10-16(17)18(25)23(19(24)26)12-14-11-22-13(2)29-14/h1,5-6,10-11H,7-9,12H2,2-3H3,(H2,21,27,28)/q+1. The van der Waals surface area contributed by atoms with E-state index in [2.05, 4.69) is 10.9 Å². The highest BCUT2D eigenvalue weighted by atomic mass is 32.2. The van der Waals surface area contributed by atoms with E-state index in [1.54, 1.807) is 6.20 Å². The van der Waals surface area contributed by atoms with Crippen molar-refractivity contribution in [3.63, 3.8) is 0 Å². The van der Waals surface area contributed by atoms with Crippen LogP contribution in [0, 0.1) is 19.3 Å². The number of aryl methyl sites for hydroxylation is 1. The van der Waals surface area contributed by atoms with Crippen molar-refractivity contribution in [1.82, 2.24) is 14.4 Å². The molecule has 2 aromatic rings. The fourth-order valence-corrected chi connectivity index (χ4v) is 5.40. The van der Waals surface area contributed by atoms with Crippen LogP contribution in [0.4, 0.5) is 10.5 Å². The Bertz CT molecular complexity index is 1220. The van der Waals surface area contributed by atoms with Gasteiger partial charge in [0, 0.05) is 30.0 Å². The molecule has 1 atom stereocenters. The molecule has 1 aromatic carbocycles. The number of primary sulfonamides is 1. The molecule has 0 bridgehead atoms. The van der Waals surface area contributed by atoms with Crippen molar-refractivity contribution >= 4 is 39.0 Å². The van der Waals surface area contributed by atoms with Gasteiger partial charge in [-0.2, -0.15) is 4.48 Å². The summed E-state index contributed by atoms with van der Waals surface area (Å²) in [5.74, 6) is 2.04. The predicted octanol–water partition coefficient (Wildman–Crippen LogP) is 2.37. The minimum Gasteiger partial charge on any atom is -0.268 e. The lowest BCUT2D eigenvalue weighted by Crippen LogP contribution is -2.69. The molecule has 2 aliphatic rings. The molecule has 2 N–H and O–H groups in total. The first-order valence-corrected chi connectivity index (χ1v) is 11.7. The summed E-state index contributed by atoms with van der Waals surface area (Å²) in [5.41, 5.74) is 0.0852. The van der Waals surface area contributed by atoms with Gasteiger partial charge in [-0.1, -0.05) is 0 Å². The summed E-state index contributed by atoms with van der Waals surface area (Å²) in [6.45, 7) is 3.90. The molecule has 1 unspecified atom stereocenters. The molecule has 0 radical (unpaired) electrons. The number of nitrogens with zero attached hydrogens (tertiary/aromatic N) is 3. The second-order valence-corrected chi connectivity index (χ2v) is 10.8. The molecule has 156 valence electrons. The van der Waals surface area contributed by atoms with Gasteiger partial charge in [0.15, 0.2) is 12.2 Å². The van der Waals surface area contributed by atoms with Crippen LogP contribution in [0.5, 0.6) is 0 Å². The highest BCUT2D eigenvalue weighted by Gasteiger charge is 2.66. The number of urea groups is 1. The van der Waals surface area contributed by atoms with Gasteiger partial charge in [-0.25, -0.2) is 28.2 Å². The molecule has 1 aliphatic carbocycles. The molecule has 0 spiro atoms. The Morgan fingerprint density at radius 2 is 2.07 bits per heavy atom. The number of terminal acetylenes is 1. The third-order valence-electron chi connectivity index (χ3n) is 5.95. The van der Waals surface area contributed by atoms with E-state index in [1.807, 2.05) is 13.8 Å². The van der Waals surface area contributed by atoms with Crippen molar-refractivity contribution in [3.05, 3.63) is 39.8 Å². The predicted molar refractivity (Wildman–Crippen MR) is 113 cm³/mol. The summed E-state index contributed by atoms with van der Waals surface area (Å²) >= 11 is 1.39. The average molecular weight is 446 g/mol. The third kappa shape index (κ3) is 2.97. The first-order chi connectivity index (χ1) is 14.0. The van der Waals surface area contributed by atoms with Crippen LogP contribution < -0.4 is 9.62 Å². The van der Waals surface area contributed by atoms with Gasteiger partial charge in [-0.3, -0.25) is 4.79 Å². The van der Waals surface area contributed by atoms with Gasteiger partial charge in [-0.15, -0.1) is 17.8 Å². The largest absolute Gasteiger partial charge is 0.432 e. The monoisotopic (exact) mass is 445 g/mol. The zero-order chi connectivity index (χ0) is 21.9. The number of hydrogen-bond acceptors (Lipinski definition) is 6. The van der Waals surface area contributed by atoms with E-state index < -0.39 is 27.5 Å². The van der Waals surface area contributed by atoms with Gasteiger partial charge >= 0.3 is 6.03 Å². The van der Waals surface area contributed by atoms with Crippen molar-refractivity contribution in [2.75, 3.05) is 6.54 Å². The molecule has 4 rings (SSSR count). The van der Waals surface area contributed by atoms with Crippen molar-refractivity contribution in [3.8, 4) is 12.3 Å². The average Bonchev–Trinajstić information content (AvgIpc) is 3.30. The molecular formula is C20H21N4O4S2+. The Kier molecular flexibility index (Phi) is 4.63. The summed E-state index contributed by atoms with van der Waals surface area (Å²) in [6.07, 6.45) is 8.83. The number of imide groups is 1. The normalized spacial score (nSPS) is 22.5. The van der Waals surface area contributed by atoms with Crippen LogP contribution in [-0.4, -0.2) is 42.3 Å². The SMILES string of the molecule is C#CC[N+]1(C2(C)CC2)C(=O)N(Cc2cnc(C)s2)C(=O)c2cc(S(N)(=O)=O)ccc21. The number of carbonyl (C=O) groups is 2. The topological polar surface area (TPSA) is 110 Å². The van der Waals surface area contributed by atoms with Crippen LogP contribution in [0.2, 0.25) is 0 Å². The highest BCUT2D eigenvalue weighted by molar-refractivity contribution is 7.89. The van der Waals surface area contributed by atoms with E-state index in [1.165, 1.54) is 29.5 Å². The van der Waals surface area contributed by atoms with E-state index in [4.69, 9.17) is 11.6 Å². The van der Waals surface area contributed by atoms with Crippen LogP contribution in [0.1, 0.15) is 40.0 Å². The summed E-state index contributed by atoms with van der Waals surface area (Å²) in [6, 6.07) is 3.67. The van der Waals surface area contributed by atoms with Gasteiger partial charge in [-0.05, 0) is 31.9 Å². The first kappa shape index (κ1) is 20.7. The van der Waals surface area contributed by atoms with Gasteiger partial charge in [0.1, 0.15) is 11.1 Å². The number of rotatable bonds is 5. The molecule has 3 amide bonds. The second kappa shape index (κ2) is 6.72. The van der Waals surface area contributed by atoms with Crippen molar-refractivity contribution in [2.45, 2.75) is 43.7 Å². The van der Waals surface area contributed by atoms with Crippen molar-refractivity contribution < 1.29 is 18.0 Å². The molecule has 1 fully saturated rings. The molecular weight excluding hydrogens is 424 g/mol. The molecule has 30 heavy (non-hydrogen) atoms. The summed E-state index contributed by atoms with van der Waals surface area (Å²) in [4.78, 5) is 33.1. The minimum absolute atomic E-state index is 0.0445. The van der Waals surface area contributed by atoms with E-state index in [0.717, 1.165) is 27.6 Å². The molecule has 1 aromatic heterocycles. The van der Waals surface area contributed by atoms with E-state index in [9.17, 15) is 18.0 Å². The first-order valence-electron chi connectivity index (χ1n) is 9.30. The number of aromatic nitrogens is 1. The lowest BCUT2D eigenvalue weighted by molar-refractivity contribution is 0.0692. The maximum atomic E-state index is 13.8. The van der Waals surface area contributed by atoms with Crippen molar-refractivity contribution in [2.24, 2.45) is 5.14 Å². The zero-order valence-electron chi connectivity index (χ0n) is 16.6. The van der Waals surface area contributed by atoms with Gasteiger partial charge < -0.3 is 0 Å². The Hall–Kier alpha value is -2.58. The molecule has 1 aliphatic heterocycles. The molecule has 1 saturated carbocycles. The van der Waals surface area contributed by atoms with Crippen LogP contribution >= 0.6 is 11.3 Å². The third-order valence-corrected chi connectivity index (χ3v) is 7.76. The summed E-state index contributed by atoms with van der Waals surface area (Å²) < 4.78 is 23.6. The number of thiazole rings is 1. The van der Waals surface area contributed by atoms with Gasteiger partial charge in [0.05, 0.1) is 16.4 Å². The lowest BCUT2D eigenvalue weighted by atomic mass is 10.0. The maximum Gasteiger partial charge on any atom is 0.432 e. The van der Waals surface area contributed by atoms with Gasteiger partial charge in [0.25, 0.3) is 5.91 Å². The number of sulfonamides is 1. The quantitative estimate of drug-likeness (QED) is 0.561. The number of amides is 3. The number of carbonyl (C=O) groups excluding carboxylic acids is 2. The second-order valence-electron chi connectivity index (χ2n) is 7.91. The Balaban J connectivity index is 1.95. The molecule has 0 saturated heterocycles. The molecule has 2 heterocycles. The number of fused-ring (bicyclic) bond motifs is 1. The van der Waals surface area contributed by atoms with Gasteiger partial charge in [0.2, 0.25) is 10.0 Å². The van der Waals surface area contributed by atoms with Crippen LogP contribution in [0.3, 0.4) is 0 Å². The number of hydrogen-bond donors (Lipinski definition) is 1. The number of benzene rings is 1. The van der Waals surface area contributed by atoms with E-state index in [0.29, 0.717) is 5.69 Å². The summed E-state index contributed by atoms with van der Waals surface area (Å²) in [5, 5.41) is 6.10. The van der Waals surface area contributed by atoms with Crippen molar-refractivity contribution in [1.29, 1.82) is 0 Å². The van der Waals surface area contributed by atoms with Crippen LogP contribution in [-0.2, 0) is 16.6 Å². The fourth-order valence-electron chi connectivity index (χ4n) is 4.08. The number of quaternary nitrogens is 1. The van der Waals surface area contributed by atoms with E-state index >= 15 is 0 Å². The Morgan fingerprint density at radius 1 is 1.37 bits per heavy atom. The van der Waals surface area contributed by atoms with E-state index in [-0.39, 0.29) is 28.0 Å². The Morgan fingerprint density at radius 3 is 2.60 bits per heavy atom. The molecule has 8 nitrogen and oxygen atoms in total.